The lowest BCUT2D eigenvalue weighted by Gasteiger charge is -2.04. The number of unbranched alkanes of at least 4 members (excludes halogenated alkanes) is 6. The predicted molar refractivity (Wildman–Crippen MR) is 71.1 cm³/mol. The number of aliphatic carboxylic acids is 1. The summed E-state index contributed by atoms with van der Waals surface area (Å²) in [5.41, 5.74) is 0. The fraction of sp³-hybridized carbons (Fsp3) is 0.917. The van der Waals surface area contributed by atoms with E-state index in [4.69, 9.17) is 5.11 Å². The SMILES string of the molecule is CCCCCCCCCS(=O)(=O)OOCCC(=O)O. The van der Waals surface area contributed by atoms with E-state index in [0.717, 1.165) is 19.3 Å². The van der Waals surface area contributed by atoms with Gasteiger partial charge in [0.15, 0.2) is 0 Å². The van der Waals surface area contributed by atoms with Crippen molar-refractivity contribution in [2.45, 2.75) is 58.3 Å². The third-order valence-electron chi connectivity index (χ3n) is 2.55. The Kier molecular flexibility index (Phi) is 10.8. The number of rotatable bonds is 13. The highest BCUT2D eigenvalue weighted by molar-refractivity contribution is 7.86. The van der Waals surface area contributed by atoms with Crippen molar-refractivity contribution < 1.29 is 27.5 Å². The maximum absolute atomic E-state index is 11.3. The second-order valence-electron chi connectivity index (χ2n) is 4.42. The van der Waals surface area contributed by atoms with E-state index in [0.29, 0.717) is 6.42 Å². The van der Waals surface area contributed by atoms with Gasteiger partial charge in [0.25, 0.3) is 10.1 Å². The van der Waals surface area contributed by atoms with Gasteiger partial charge in [-0.1, -0.05) is 45.4 Å². The van der Waals surface area contributed by atoms with E-state index in [9.17, 15) is 13.2 Å². The summed E-state index contributed by atoms with van der Waals surface area (Å²) in [5, 5.41) is 8.32. The van der Waals surface area contributed by atoms with Crippen molar-refractivity contribution >= 4 is 16.1 Å². The van der Waals surface area contributed by atoms with Crippen molar-refractivity contribution in [3.05, 3.63) is 0 Å². The van der Waals surface area contributed by atoms with E-state index in [1.807, 2.05) is 0 Å². The summed E-state index contributed by atoms with van der Waals surface area (Å²) in [6.07, 6.45) is 6.86. The van der Waals surface area contributed by atoms with E-state index >= 15 is 0 Å². The minimum Gasteiger partial charge on any atom is -0.481 e. The molecule has 0 radical (unpaired) electrons. The van der Waals surface area contributed by atoms with E-state index < -0.39 is 16.1 Å². The first kappa shape index (κ1) is 18.3. The van der Waals surface area contributed by atoms with Gasteiger partial charge in [-0.15, -0.1) is 4.33 Å². The molecule has 0 aliphatic heterocycles. The maximum Gasteiger partial charge on any atom is 0.305 e. The molecule has 0 aliphatic rings. The Morgan fingerprint density at radius 1 is 1.05 bits per heavy atom. The predicted octanol–water partition coefficient (Wildman–Crippen LogP) is 2.49. The van der Waals surface area contributed by atoms with Gasteiger partial charge in [0.1, 0.15) is 0 Å². The molecule has 0 unspecified atom stereocenters. The third kappa shape index (κ3) is 13.6. The summed E-state index contributed by atoms with van der Waals surface area (Å²) >= 11 is 0. The molecular formula is C12H24O6S. The second kappa shape index (κ2) is 11.2. The molecule has 0 fully saturated rings. The molecule has 1 N–H and O–H groups in total. The Morgan fingerprint density at radius 3 is 2.21 bits per heavy atom. The van der Waals surface area contributed by atoms with E-state index in [-0.39, 0.29) is 18.8 Å². The van der Waals surface area contributed by atoms with Crippen LogP contribution in [-0.4, -0.2) is 31.9 Å². The van der Waals surface area contributed by atoms with Gasteiger partial charge in [-0.2, -0.15) is 8.42 Å². The molecule has 114 valence electrons. The van der Waals surface area contributed by atoms with Crippen molar-refractivity contribution in [2.24, 2.45) is 0 Å². The average Bonchev–Trinajstić information content (AvgIpc) is 2.33. The van der Waals surface area contributed by atoms with Crippen LogP contribution in [0.4, 0.5) is 0 Å². The molecule has 0 aromatic rings. The van der Waals surface area contributed by atoms with Gasteiger partial charge in [0, 0.05) is 0 Å². The number of carbonyl (C=O) groups is 1. The van der Waals surface area contributed by atoms with Crippen molar-refractivity contribution in [1.29, 1.82) is 0 Å². The van der Waals surface area contributed by atoms with Crippen LogP contribution in [0.2, 0.25) is 0 Å². The molecular weight excluding hydrogens is 272 g/mol. The molecule has 0 saturated carbocycles. The molecule has 7 heteroatoms. The maximum atomic E-state index is 11.3. The van der Waals surface area contributed by atoms with E-state index in [1.54, 1.807) is 0 Å². The van der Waals surface area contributed by atoms with Crippen LogP contribution in [0.5, 0.6) is 0 Å². The zero-order valence-electron chi connectivity index (χ0n) is 11.5. The van der Waals surface area contributed by atoms with Gasteiger partial charge in [-0.3, -0.25) is 4.79 Å². The summed E-state index contributed by atoms with van der Waals surface area (Å²) in [4.78, 5) is 14.5. The monoisotopic (exact) mass is 296 g/mol. The largest absolute Gasteiger partial charge is 0.481 e. The Bertz CT molecular complexity index is 325. The van der Waals surface area contributed by atoms with Crippen LogP contribution in [0, 0.1) is 0 Å². The minimum absolute atomic E-state index is 0.0894. The van der Waals surface area contributed by atoms with Crippen LogP contribution in [0.3, 0.4) is 0 Å². The molecule has 0 aromatic carbocycles. The van der Waals surface area contributed by atoms with Gasteiger partial charge in [0.05, 0.1) is 18.8 Å². The second-order valence-corrected chi connectivity index (χ2v) is 6.08. The quantitative estimate of drug-likeness (QED) is 0.319. The Labute approximate surface area is 115 Å². The molecule has 0 saturated heterocycles. The highest BCUT2D eigenvalue weighted by Gasteiger charge is 2.12. The number of hydrogen-bond donors (Lipinski definition) is 1. The fourth-order valence-electron chi connectivity index (χ4n) is 1.51. The van der Waals surface area contributed by atoms with Crippen molar-refractivity contribution in [1.82, 2.24) is 0 Å². The summed E-state index contributed by atoms with van der Waals surface area (Å²) in [6.45, 7) is 1.87. The average molecular weight is 296 g/mol. The van der Waals surface area contributed by atoms with E-state index in [1.165, 1.54) is 19.3 Å². The number of carboxylic acids is 1. The van der Waals surface area contributed by atoms with Gasteiger partial charge in [-0.05, 0) is 6.42 Å². The Morgan fingerprint density at radius 2 is 1.63 bits per heavy atom. The summed E-state index contributed by atoms with van der Waals surface area (Å²) < 4.78 is 26.9. The zero-order valence-corrected chi connectivity index (χ0v) is 12.3. The van der Waals surface area contributed by atoms with Gasteiger partial charge < -0.3 is 5.11 Å². The smallest absolute Gasteiger partial charge is 0.305 e. The van der Waals surface area contributed by atoms with Crippen LogP contribution < -0.4 is 0 Å². The van der Waals surface area contributed by atoms with Gasteiger partial charge in [-0.25, -0.2) is 4.89 Å². The molecule has 0 aliphatic carbocycles. The summed E-state index contributed by atoms with van der Waals surface area (Å²) in [6, 6.07) is 0. The van der Waals surface area contributed by atoms with Gasteiger partial charge >= 0.3 is 5.97 Å². The van der Waals surface area contributed by atoms with Crippen LogP contribution in [0.1, 0.15) is 58.3 Å². The normalized spacial score (nSPS) is 11.6. The topological polar surface area (TPSA) is 89.9 Å². The minimum atomic E-state index is -3.69. The summed E-state index contributed by atoms with van der Waals surface area (Å²) in [7, 11) is -3.69. The highest BCUT2D eigenvalue weighted by Crippen LogP contribution is 2.08. The lowest BCUT2D eigenvalue weighted by Crippen LogP contribution is -2.13. The number of hydrogen-bond acceptors (Lipinski definition) is 5. The highest BCUT2D eigenvalue weighted by atomic mass is 32.2. The zero-order chi connectivity index (χ0) is 14.6. The lowest BCUT2D eigenvalue weighted by atomic mass is 10.1. The van der Waals surface area contributed by atoms with Crippen molar-refractivity contribution in [2.75, 3.05) is 12.4 Å². The first-order valence-electron chi connectivity index (χ1n) is 6.73. The first-order chi connectivity index (χ1) is 8.98. The molecule has 0 atom stereocenters. The van der Waals surface area contributed by atoms with Gasteiger partial charge in [0.2, 0.25) is 0 Å². The molecule has 0 aromatic heterocycles. The Balaban J connectivity index is 3.49. The third-order valence-corrected chi connectivity index (χ3v) is 3.64. The molecule has 0 spiro atoms. The first-order valence-corrected chi connectivity index (χ1v) is 8.31. The lowest BCUT2D eigenvalue weighted by molar-refractivity contribution is -0.204. The van der Waals surface area contributed by atoms with Crippen LogP contribution >= 0.6 is 0 Å². The van der Waals surface area contributed by atoms with Crippen LogP contribution in [0.15, 0.2) is 0 Å². The standard InChI is InChI=1S/C12H24O6S/c1-2-3-4-5-6-7-8-11-19(15,16)18-17-10-9-12(13)14/h2-11H2,1H3,(H,13,14). The fourth-order valence-corrected chi connectivity index (χ4v) is 2.35. The van der Waals surface area contributed by atoms with Crippen LogP contribution in [-0.2, 0) is 24.1 Å². The molecule has 0 rings (SSSR count). The molecule has 0 amide bonds. The molecule has 0 heterocycles. The number of carboxylic acid groups (broad SMARTS) is 1. The van der Waals surface area contributed by atoms with Crippen LogP contribution in [0.25, 0.3) is 0 Å². The Hall–Kier alpha value is -0.660. The van der Waals surface area contributed by atoms with E-state index in [2.05, 4.69) is 16.1 Å². The van der Waals surface area contributed by atoms with Crippen molar-refractivity contribution in [3.8, 4) is 0 Å². The van der Waals surface area contributed by atoms with Crippen molar-refractivity contribution in [3.63, 3.8) is 0 Å². The summed E-state index contributed by atoms with van der Waals surface area (Å²) in [5.74, 6) is -1.15. The molecule has 0 bridgehead atoms. The molecule has 6 nitrogen and oxygen atoms in total. The molecule has 19 heavy (non-hydrogen) atoms.